The highest BCUT2D eigenvalue weighted by Gasteiger charge is 2.17. The van der Waals surface area contributed by atoms with Crippen LogP contribution in [0.3, 0.4) is 0 Å². The van der Waals surface area contributed by atoms with Gasteiger partial charge in [-0.3, -0.25) is 4.79 Å². The third-order valence-corrected chi connectivity index (χ3v) is 1.22. The van der Waals surface area contributed by atoms with Crippen molar-refractivity contribution in [2.75, 3.05) is 6.61 Å². The Hall–Kier alpha value is -0.860. The van der Waals surface area contributed by atoms with E-state index >= 15 is 0 Å². The van der Waals surface area contributed by atoms with Gasteiger partial charge in [0, 0.05) is 0 Å². The first kappa shape index (κ1) is 11.1. The normalized spacial score (nSPS) is 13.7. The smallest absolute Gasteiger partial charge is 0.315 e. The Morgan fingerprint density at radius 1 is 1.50 bits per heavy atom. The minimum Gasteiger partial charge on any atom is -0.465 e. The molecular weight excluding hydrogens is 156 g/mol. The Bertz CT molecular complexity index is 167. The van der Waals surface area contributed by atoms with Gasteiger partial charge in [-0.2, -0.15) is 0 Å². The molecule has 0 aromatic rings. The molecule has 0 fully saturated rings. The topological polar surface area (TPSA) is 43.4 Å². The van der Waals surface area contributed by atoms with E-state index in [1.54, 1.807) is 0 Å². The summed E-state index contributed by atoms with van der Waals surface area (Å²) in [6, 6.07) is 0. The molecule has 0 aliphatic rings. The Morgan fingerprint density at radius 3 is 2.33 bits per heavy atom. The lowest BCUT2D eigenvalue weighted by atomic mass is 9.99. The fourth-order valence-electron chi connectivity index (χ4n) is 0.475. The number of esters is 1. The molecule has 0 amide bonds. The van der Waals surface area contributed by atoms with Crippen molar-refractivity contribution in [2.24, 2.45) is 11.3 Å². The van der Waals surface area contributed by atoms with E-state index in [0.29, 0.717) is 12.9 Å². The van der Waals surface area contributed by atoms with Crippen LogP contribution in [0, 0.1) is 11.3 Å². The van der Waals surface area contributed by atoms with Crippen LogP contribution in [0.4, 0.5) is 0 Å². The lowest BCUT2D eigenvalue weighted by Gasteiger charge is -2.18. The molecule has 1 atom stereocenters. The molecule has 0 aromatic carbocycles. The van der Waals surface area contributed by atoms with Gasteiger partial charge in [0.25, 0.3) is 0 Å². The summed E-state index contributed by atoms with van der Waals surface area (Å²) < 4.78 is 4.89. The molecule has 3 nitrogen and oxygen atoms in total. The molecule has 3 heteroatoms. The van der Waals surface area contributed by atoms with E-state index in [9.17, 15) is 9.59 Å². The minimum atomic E-state index is -0.646. The summed E-state index contributed by atoms with van der Waals surface area (Å²) >= 11 is 0. The van der Waals surface area contributed by atoms with Crippen LogP contribution in [0.1, 0.15) is 27.7 Å². The first-order valence-corrected chi connectivity index (χ1v) is 3.99. The highest BCUT2D eigenvalue weighted by molar-refractivity contribution is 5.87. The summed E-state index contributed by atoms with van der Waals surface area (Å²) in [6.45, 7) is 7.77. The van der Waals surface area contributed by atoms with Crippen LogP contribution in [-0.4, -0.2) is 18.9 Å². The van der Waals surface area contributed by atoms with Crippen LogP contribution in [-0.2, 0) is 14.3 Å². The molecule has 0 radical (unpaired) electrons. The standard InChI is InChI=1S/C9H16O3/c1-7(5-10)8(11)12-6-9(2,3)4/h5,7H,6H2,1-4H3. The second kappa shape index (κ2) is 4.24. The Labute approximate surface area is 73.1 Å². The molecule has 1 unspecified atom stereocenters. The maximum atomic E-state index is 11.0. The van der Waals surface area contributed by atoms with Crippen molar-refractivity contribution in [3.8, 4) is 0 Å². The molecule has 0 rings (SSSR count). The highest BCUT2D eigenvalue weighted by Crippen LogP contribution is 2.13. The summed E-state index contributed by atoms with van der Waals surface area (Å²) in [7, 11) is 0. The number of carbonyl (C=O) groups is 2. The van der Waals surface area contributed by atoms with Gasteiger partial charge in [-0.15, -0.1) is 0 Å². The molecule has 70 valence electrons. The molecule has 0 aliphatic carbocycles. The summed E-state index contributed by atoms with van der Waals surface area (Å²) in [6.07, 6.45) is 0.588. The van der Waals surface area contributed by atoms with Crippen molar-refractivity contribution in [3.63, 3.8) is 0 Å². The molecule has 0 saturated heterocycles. The number of hydrogen-bond acceptors (Lipinski definition) is 3. The zero-order valence-corrected chi connectivity index (χ0v) is 8.09. The first-order chi connectivity index (χ1) is 5.37. The molecule has 0 saturated carbocycles. The van der Waals surface area contributed by atoms with E-state index in [1.165, 1.54) is 6.92 Å². The van der Waals surface area contributed by atoms with Crippen molar-refractivity contribution in [3.05, 3.63) is 0 Å². The van der Waals surface area contributed by atoms with Gasteiger partial charge in [0.2, 0.25) is 0 Å². The maximum absolute atomic E-state index is 11.0. The van der Waals surface area contributed by atoms with E-state index in [2.05, 4.69) is 0 Å². The maximum Gasteiger partial charge on any atom is 0.315 e. The zero-order chi connectivity index (χ0) is 9.78. The molecule has 0 spiro atoms. The van der Waals surface area contributed by atoms with E-state index in [4.69, 9.17) is 4.74 Å². The SMILES string of the molecule is CC(C=O)C(=O)OCC(C)(C)C. The van der Waals surface area contributed by atoms with Gasteiger partial charge < -0.3 is 9.53 Å². The molecule has 0 aromatic heterocycles. The molecule has 12 heavy (non-hydrogen) atoms. The predicted molar refractivity (Wildman–Crippen MR) is 45.6 cm³/mol. The Kier molecular flexibility index (Phi) is 3.93. The molecule has 0 heterocycles. The van der Waals surface area contributed by atoms with Gasteiger partial charge in [0.15, 0.2) is 0 Å². The fraction of sp³-hybridized carbons (Fsp3) is 0.778. The number of carbonyl (C=O) groups excluding carboxylic acids is 2. The van der Waals surface area contributed by atoms with Crippen LogP contribution in [0.2, 0.25) is 0 Å². The minimum absolute atomic E-state index is 0.0434. The molecule has 0 aliphatic heterocycles. The van der Waals surface area contributed by atoms with E-state index in [1.807, 2.05) is 20.8 Å². The van der Waals surface area contributed by atoms with Crippen LogP contribution in [0.5, 0.6) is 0 Å². The molecule has 0 bridgehead atoms. The van der Waals surface area contributed by atoms with Crippen molar-refractivity contribution in [2.45, 2.75) is 27.7 Å². The van der Waals surface area contributed by atoms with Crippen LogP contribution in [0.25, 0.3) is 0 Å². The third kappa shape index (κ3) is 4.88. The Morgan fingerprint density at radius 2 is 2.00 bits per heavy atom. The average Bonchev–Trinajstić information content (AvgIpc) is 1.97. The van der Waals surface area contributed by atoms with Gasteiger partial charge in [-0.25, -0.2) is 0 Å². The van der Waals surface area contributed by atoms with Crippen molar-refractivity contribution >= 4 is 12.3 Å². The Balaban J connectivity index is 3.80. The summed E-state index contributed by atoms with van der Waals surface area (Å²) in [5, 5.41) is 0. The third-order valence-electron chi connectivity index (χ3n) is 1.22. The largest absolute Gasteiger partial charge is 0.465 e. The van der Waals surface area contributed by atoms with Crippen molar-refractivity contribution in [1.82, 2.24) is 0 Å². The van der Waals surface area contributed by atoms with Gasteiger partial charge in [0.05, 0.1) is 6.61 Å². The number of ether oxygens (including phenoxy) is 1. The molecule has 0 N–H and O–H groups in total. The van der Waals surface area contributed by atoms with Gasteiger partial charge >= 0.3 is 5.97 Å². The summed E-state index contributed by atoms with van der Waals surface area (Å²) in [5.41, 5.74) is -0.0434. The van der Waals surface area contributed by atoms with Crippen molar-refractivity contribution in [1.29, 1.82) is 0 Å². The fourth-order valence-corrected chi connectivity index (χ4v) is 0.475. The van der Waals surface area contributed by atoms with Gasteiger partial charge in [-0.1, -0.05) is 20.8 Å². The van der Waals surface area contributed by atoms with E-state index in [0.717, 1.165) is 0 Å². The second-order valence-electron chi connectivity index (χ2n) is 4.09. The lowest BCUT2D eigenvalue weighted by Crippen LogP contribution is -2.22. The second-order valence-corrected chi connectivity index (χ2v) is 4.09. The monoisotopic (exact) mass is 172 g/mol. The predicted octanol–water partition coefficient (Wildman–Crippen LogP) is 1.41. The number of aldehydes is 1. The zero-order valence-electron chi connectivity index (χ0n) is 8.09. The first-order valence-electron chi connectivity index (χ1n) is 3.99. The quantitative estimate of drug-likeness (QED) is 0.367. The van der Waals surface area contributed by atoms with Gasteiger partial charge in [-0.05, 0) is 12.3 Å². The number of rotatable bonds is 3. The van der Waals surface area contributed by atoms with E-state index in [-0.39, 0.29) is 5.41 Å². The number of hydrogen-bond donors (Lipinski definition) is 0. The van der Waals surface area contributed by atoms with Crippen LogP contribution in [0.15, 0.2) is 0 Å². The van der Waals surface area contributed by atoms with Crippen molar-refractivity contribution < 1.29 is 14.3 Å². The van der Waals surface area contributed by atoms with Crippen LogP contribution < -0.4 is 0 Å². The van der Waals surface area contributed by atoms with Crippen LogP contribution >= 0.6 is 0 Å². The highest BCUT2D eigenvalue weighted by atomic mass is 16.5. The summed E-state index contributed by atoms with van der Waals surface area (Å²) in [4.78, 5) is 21.1. The lowest BCUT2D eigenvalue weighted by molar-refractivity contribution is -0.151. The van der Waals surface area contributed by atoms with Gasteiger partial charge in [0.1, 0.15) is 12.2 Å². The summed E-state index contributed by atoms with van der Waals surface area (Å²) in [5.74, 6) is -1.09. The molecular formula is C9H16O3. The van der Waals surface area contributed by atoms with E-state index < -0.39 is 11.9 Å². The average molecular weight is 172 g/mol.